The molecule has 0 radical (unpaired) electrons. The monoisotopic (exact) mass is 297 g/mol. The lowest BCUT2D eigenvalue weighted by molar-refractivity contribution is -0.929. The Hall–Kier alpha value is -0.190. The maximum absolute atomic E-state index is 2.33. The molecule has 0 aliphatic carbocycles. The fourth-order valence-electron chi connectivity index (χ4n) is 2.64. The van der Waals surface area contributed by atoms with Crippen LogP contribution in [0.5, 0.6) is 0 Å². The second-order valence-corrected chi connectivity index (χ2v) is 5.65. The Morgan fingerprint density at radius 1 is 0.500 bits per heavy atom. The molecule has 0 spiro atoms. The summed E-state index contributed by atoms with van der Waals surface area (Å²) < 4.78 is 1.42. The normalized spacial score (nSPS) is 10.2. The zero-order chi connectivity index (χ0) is 13.0. The van der Waals surface area contributed by atoms with E-state index in [1.807, 2.05) is 0 Å². The van der Waals surface area contributed by atoms with Gasteiger partial charge in [-0.15, -0.1) is 0 Å². The van der Waals surface area contributed by atoms with Crippen LogP contribution in [0.3, 0.4) is 0 Å². The molecule has 0 aromatic heterocycles. The quantitative estimate of drug-likeness (QED) is 0.467. The van der Waals surface area contributed by atoms with Gasteiger partial charge < -0.3 is 20.1 Å². The van der Waals surface area contributed by atoms with Gasteiger partial charge in [0.2, 0.25) is 0 Å². The fraction of sp³-hybridized carbons (Fsp3) is 1.00. The molecule has 0 aromatic rings. The van der Waals surface area contributed by atoms with Crippen LogP contribution in [0.1, 0.15) is 79.1 Å². The SMILES string of the molecule is CCCC[N+](CCCC)(CCCC)CCCC.O.O.[F-]. The molecule has 3 nitrogen and oxygen atoms in total. The highest BCUT2D eigenvalue weighted by Gasteiger charge is 2.24. The maximum Gasteiger partial charge on any atom is 0.0786 e. The standard InChI is InChI=1S/C16H36N.FH.2H2O/c1-5-9-13-17(14-10-6-2,15-11-7-3)16-12-8-4;;;/h5-16H2,1-4H3;1H;2*1H2/q+1;;;/p-1. The van der Waals surface area contributed by atoms with Crippen LogP contribution in [0.25, 0.3) is 0 Å². The smallest absolute Gasteiger partial charge is 0.0786 e. The van der Waals surface area contributed by atoms with Crippen molar-refractivity contribution in [1.29, 1.82) is 0 Å². The predicted octanol–water partition coefficient (Wildman–Crippen LogP) is 0.358. The van der Waals surface area contributed by atoms with Crippen molar-refractivity contribution >= 4 is 0 Å². The van der Waals surface area contributed by atoms with Crippen molar-refractivity contribution in [3.8, 4) is 0 Å². The van der Waals surface area contributed by atoms with Gasteiger partial charge in [0.25, 0.3) is 0 Å². The van der Waals surface area contributed by atoms with Crippen LogP contribution in [-0.4, -0.2) is 41.6 Å². The molecule has 0 saturated heterocycles. The molecule has 0 atom stereocenters. The molecule has 20 heavy (non-hydrogen) atoms. The Bertz CT molecular complexity index is 131. The molecule has 0 heterocycles. The molecule has 4 heteroatoms. The summed E-state index contributed by atoms with van der Waals surface area (Å²) in [5, 5.41) is 0. The second kappa shape index (κ2) is 18.8. The highest BCUT2D eigenvalue weighted by atomic mass is 19.0. The largest absolute Gasteiger partial charge is 1.00 e. The first-order chi connectivity index (χ1) is 8.24. The third kappa shape index (κ3) is 12.8. The van der Waals surface area contributed by atoms with Crippen molar-refractivity contribution in [2.45, 2.75) is 79.1 Å². The number of halogens is 1. The summed E-state index contributed by atoms with van der Waals surface area (Å²) in [5.74, 6) is 0. The molecule has 0 unspecified atom stereocenters. The van der Waals surface area contributed by atoms with Crippen LogP contribution in [0.15, 0.2) is 0 Å². The topological polar surface area (TPSA) is 63.0 Å². The molecule has 0 amide bonds. The van der Waals surface area contributed by atoms with E-state index in [9.17, 15) is 0 Å². The van der Waals surface area contributed by atoms with Gasteiger partial charge in [-0.3, -0.25) is 0 Å². The lowest BCUT2D eigenvalue weighted by Crippen LogP contribution is -3.00. The van der Waals surface area contributed by atoms with Gasteiger partial charge in [0.1, 0.15) is 0 Å². The summed E-state index contributed by atoms with van der Waals surface area (Å²) in [5.41, 5.74) is 0. The van der Waals surface area contributed by atoms with Gasteiger partial charge in [0.05, 0.1) is 26.2 Å². The molecule has 0 aromatic carbocycles. The van der Waals surface area contributed by atoms with Crippen LogP contribution in [-0.2, 0) is 0 Å². The maximum atomic E-state index is 2.33. The highest BCUT2D eigenvalue weighted by molar-refractivity contribution is 4.49. The van der Waals surface area contributed by atoms with Crippen molar-refractivity contribution in [2.24, 2.45) is 0 Å². The summed E-state index contributed by atoms with van der Waals surface area (Å²) >= 11 is 0. The number of unbranched alkanes of at least 4 members (excludes halogenated alkanes) is 4. The third-order valence-corrected chi connectivity index (χ3v) is 3.94. The first kappa shape index (κ1) is 28.0. The van der Waals surface area contributed by atoms with Crippen molar-refractivity contribution in [1.82, 2.24) is 0 Å². The first-order valence-corrected chi connectivity index (χ1v) is 8.09. The Kier molecular flexibility index (Phi) is 26.4. The van der Waals surface area contributed by atoms with E-state index in [1.165, 1.54) is 82.0 Å². The van der Waals surface area contributed by atoms with E-state index in [4.69, 9.17) is 0 Å². The summed E-state index contributed by atoms with van der Waals surface area (Å²) in [6.07, 6.45) is 11.1. The summed E-state index contributed by atoms with van der Waals surface area (Å²) in [6, 6.07) is 0. The Balaban J connectivity index is -0.000000427. The summed E-state index contributed by atoms with van der Waals surface area (Å²) in [7, 11) is 0. The average molecular weight is 297 g/mol. The van der Waals surface area contributed by atoms with E-state index >= 15 is 0 Å². The number of hydrogen-bond acceptors (Lipinski definition) is 0. The highest BCUT2D eigenvalue weighted by Crippen LogP contribution is 2.16. The Morgan fingerprint density at radius 2 is 0.700 bits per heavy atom. The Morgan fingerprint density at radius 3 is 0.850 bits per heavy atom. The summed E-state index contributed by atoms with van der Waals surface area (Å²) in [6.45, 7) is 15.0. The molecule has 4 N–H and O–H groups in total. The summed E-state index contributed by atoms with van der Waals surface area (Å²) in [4.78, 5) is 0. The van der Waals surface area contributed by atoms with E-state index in [0.717, 1.165) is 0 Å². The lowest BCUT2D eigenvalue weighted by atomic mass is 10.1. The van der Waals surface area contributed by atoms with Gasteiger partial charge in [-0.2, -0.15) is 0 Å². The van der Waals surface area contributed by atoms with Crippen LogP contribution in [0, 0.1) is 0 Å². The van der Waals surface area contributed by atoms with E-state index in [2.05, 4.69) is 27.7 Å². The minimum Gasteiger partial charge on any atom is -1.00 e. The van der Waals surface area contributed by atoms with Crippen LogP contribution in [0.2, 0.25) is 0 Å². The number of rotatable bonds is 12. The molecular formula is C16H40FNO2. The van der Waals surface area contributed by atoms with Gasteiger partial charge in [-0.25, -0.2) is 0 Å². The van der Waals surface area contributed by atoms with E-state index in [-0.39, 0.29) is 15.7 Å². The van der Waals surface area contributed by atoms with Gasteiger partial charge in [0.15, 0.2) is 0 Å². The average Bonchev–Trinajstić information content (AvgIpc) is 2.37. The molecule has 0 aliphatic heterocycles. The molecule has 0 bridgehead atoms. The number of hydrogen-bond donors (Lipinski definition) is 0. The van der Waals surface area contributed by atoms with E-state index in [1.54, 1.807) is 0 Å². The zero-order valence-electron chi connectivity index (χ0n) is 14.3. The minimum atomic E-state index is 0. The fourth-order valence-corrected chi connectivity index (χ4v) is 2.64. The van der Waals surface area contributed by atoms with E-state index in [0.29, 0.717) is 0 Å². The predicted molar refractivity (Wildman–Crippen MR) is 86.6 cm³/mol. The van der Waals surface area contributed by atoms with Gasteiger partial charge >= 0.3 is 0 Å². The molecule has 128 valence electrons. The molecular weight excluding hydrogens is 257 g/mol. The van der Waals surface area contributed by atoms with Crippen molar-refractivity contribution in [3.63, 3.8) is 0 Å². The van der Waals surface area contributed by atoms with Crippen LogP contribution < -0.4 is 4.70 Å². The van der Waals surface area contributed by atoms with Crippen molar-refractivity contribution in [3.05, 3.63) is 0 Å². The van der Waals surface area contributed by atoms with Gasteiger partial charge in [0, 0.05) is 0 Å². The first-order valence-electron chi connectivity index (χ1n) is 8.09. The van der Waals surface area contributed by atoms with Gasteiger partial charge in [-0.05, 0) is 25.7 Å². The molecule has 0 rings (SSSR count). The molecule has 0 fully saturated rings. The molecule has 0 saturated carbocycles. The van der Waals surface area contributed by atoms with Crippen LogP contribution in [0.4, 0.5) is 0 Å². The zero-order valence-corrected chi connectivity index (χ0v) is 14.3. The Labute approximate surface area is 126 Å². The van der Waals surface area contributed by atoms with Crippen molar-refractivity contribution in [2.75, 3.05) is 26.2 Å². The second-order valence-electron chi connectivity index (χ2n) is 5.65. The van der Waals surface area contributed by atoms with Crippen LogP contribution >= 0.6 is 0 Å². The number of quaternary nitrogens is 1. The minimum absolute atomic E-state index is 0. The number of nitrogens with zero attached hydrogens (tertiary/aromatic N) is 1. The third-order valence-electron chi connectivity index (χ3n) is 3.94. The van der Waals surface area contributed by atoms with E-state index < -0.39 is 0 Å². The van der Waals surface area contributed by atoms with Crippen molar-refractivity contribution < 1.29 is 20.1 Å². The van der Waals surface area contributed by atoms with Gasteiger partial charge in [-0.1, -0.05) is 53.4 Å². The molecule has 0 aliphatic rings. The lowest BCUT2D eigenvalue weighted by Gasteiger charge is -2.39.